The third-order valence-electron chi connectivity index (χ3n) is 6.10. The van der Waals surface area contributed by atoms with Gasteiger partial charge in [-0.3, -0.25) is 0 Å². The molecule has 7 rings (SSSR count). The standard InChI is InChI=1S/C29H18N2S2/c1-2-8-20-19(7-1)22(29-31-25-10-4-6-12-28(25)33-29)14-15-24(20)30-18-13-16-27-23(17-18)21-9-3-5-11-26(21)32-27/h1-17,30H. The summed E-state index contributed by atoms with van der Waals surface area (Å²) >= 11 is 3.60. The summed E-state index contributed by atoms with van der Waals surface area (Å²) in [7, 11) is 0. The Hall–Kier alpha value is -3.73. The molecule has 0 spiro atoms. The van der Waals surface area contributed by atoms with Gasteiger partial charge < -0.3 is 5.32 Å². The van der Waals surface area contributed by atoms with Gasteiger partial charge in [0, 0.05) is 42.5 Å². The molecule has 0 aliphatic carbocycles. The van der Waals surface area contributed by atoms with E-state index in [0.717, 1.165) is 21.9 Å². The van der Waals surface area contributed by atoms with E-state index in [1.807, 2.05) is 17.4 Å². The van der Waals surface area contributed by atoms with Gasteiger partial charge >= 0.3 is 0 Å². The Kier molecular flexibility index (Phi) is 4.22. The van der Waals surface area contributed by atoms with Crippen LogP contribution < -0.4 is 5.32 Å². The van der Waals surface area contributed by atoms with Crippen molar-refractivity contribution in [2.24, 2.45) is 0 Å². The maximum Gasteiger partial charge on any atom is 0.125 e. The molecule has 7 aromatic rings. The van der Waals surface area contributed by atoms with E-state index < -0.39 is 0 Å². The molecular formula is C29H18N2S2. The predicted octanol–water partition coefficient (Wildman–Crippen LogP) is 9.23. The largest absolute Gasteiger partial charge is 0.355 e. The average Bonchev–Trinajstić information content (AvgIpc) is 3.45. The van der Waals surface area contributed by atoms with Gasteiger partial charge in [0.25, 0.3) is 0 Å². The second kappa shape index (κ2) is 7.41. The zero-order valence-corrected chi connectivity index (χ0v) is 19.2. The van der Waals surface area contributed by atoms with Crippen molar-refractivity contribution in [3.8, 4) is 10.6 Å². The first-order valence-electron chi connectivity index (χ1n) is 10.9. The summed E-state index contributed by atoms with van der Waals surface area (Å²) in [6.45, 7) is 0. The van der Waals surface area contributed by atoms with Crippen LogP contribution in [-0.2, 0) is 0 Å². The molecule has 0 bridgehead atoms. The van der Waals surface area contributed by atoms with Crippen molar-refractivity contribution in [3.05, 3.63) is 103 Å². The maximum atomic E-state index is 4.90. The molecule has 33 heavy (non-hydrogen) atoms. The van der Waals surface area contributed by atoms with Crippen LogP contribution in [0.5, 0.6) is 0 Å². The highest BCUT2D eigenvalue weighted by atomic mass is 32.1. The molecule has 4 heteroatoms. The summed E-state index contributed by atoms with van der Waals surface area (Å²) < 4.78 is 3.86. The molecular weight excluding hydrogens is 440 g/mol. The van der Waals surface area contributed by atoms with E-state index in [0.29, 0.717) is 0 Å². The van der Waals surface area contributed by atoms with Crippen LogP contribution in [0.1, 0.15) is 0 Å². The Labute approximate surface area is 198 Å². The Balaban J connectivity index is 1.35. The van der Waals surface area contributed by atoms with Crippen molar-refractivity contribution in [1.29, 1.82) is 0 Å². The number of thiophene rings is 1. The molecule has 2 nitrogen and oxygen atoms in total. The van der Waals surface area contributed by atoms with Crippen LogP contribution in [0.3, 0.4) is 0 Å². The number of anilines is 2. The molecule has 0 aliphatic rings. The van der Waals surface area contributed by atoms with Gasteiger partial charge in [-0.1, -0.05) is 54.6 Å². The van der Waals surface area contributed by atoms with Crippen molar-refractivity contribution in [1.82, 2.24) is 4.98 Å². The lowest BCUT2D eigenvalue weighted by Crippen LogP contribution is -1.92. The molecule has 1 N–H and O–H groups in total. The van der Waals surface area contributed by atoms with Crippen molar-refractivity contribution < 1.29 is 0 Å². The number of hydrogen-bond donors (Lipinski definition) is 1. The molecule has 0 atom stereocenters. The number of hydrogen-bond acceptors (Lipinski definition) is 4. The fraction of sp³-hybridized carbons (Fsp3) is 0. The van der Waals surface area contributed by atoms with E-state index in [-0.39, 0.29) is 0 Å². The van der Waals surface area contributed by atoms with E-state index >= 15 is 0 Å². The van der Waals surface area contributed by atoms with Crippen LogP contribution >= 0.6 is 22.7 Å². The van der Waals surface area contributed by atoms with Crippen LogP contribution in [0.2, 0.25) is 0 Å². The Morgan fingerprint density at radius 3 is 2.15 bits per heavy atom. The monoisotopic (exact) mass is 458 g/mol. The van der Waals surface area contributed by atoms with Gasteiger partial charge in [-0.25, -0.2) is 4.98 Å². The zero-order valence-electron chi connectivity index (χ0n) is 17.6. The highest BCUT2D eigenvalue weighted by Crippen LogP contribution is 2.39. The highest BCUT2D eigenvalue weighted by molar-refractivity contribution is 7.25. The molecule has 0 fully saturated rings. The van der Waals surface area contributed by atoms with E-state index in [1.165, 1.54) is 41.2 Å². The Bertz CT molecular complexity index is 1780. The minimum atomic E-state index is 1.06. The normalized spacial score (nSPS) is 11.6. The van der Waals surface area contributed by atoms with E-state index in [4.69, 9.17) is 4.98 Å². The van der Waals surface area contributed by atoms with Gasteiger partial charge in [0.05, 0.1) is 10.2 Å². The molecule has 0 radical (unpaired) electrons. The quantitative estimate of drug-likeness (QED) is 0.285. The summed E-state index contributed by atoms with van der Waals surface area (Å²) in [5.41, 5.74) is 4.44. The summed E-state index contributed by atoms with van der Waals surface area (Å²) in [5, 5.41) is 9.78. The molecule has 2 heterocycles. The van der Waals surface area contributed by atoms with E-state index in [2.05, 4.69) is 102 Å². The third-order valence-corrected chi connectivity index (χ3v) is 8.33. The minimum absolute atomic E-state index is 1.06. The van der Waals surface area contributed by atoms with Crippen molar-refractivity contribution in [2.45, 2.75) is 0 Å². The first-order valence-corrected chi connectivity index (χ1v) is 12.5. The molecule has 2 aromatic heterocycles. The smallest absolute Gasteiger partial charge is 0.125 e. The fourth-order valence-electron chi connectivity index (χ4n) is 4.54. The van der Waals surface area contributed by atoms with Gasteiger partial charge in [0.15, 0.2) is 0 Å². The number of aromatic nitrogens is 1. The van der Waals surface area contributed by atoms with Gasteiger partial charge in [-0.2, -0.15) is 0 Å². The van der Waals surface area contributed by atoms with Gasteiger partial charge in [-0.05, 0) is 53.9 Å². The van der Waals surface area contributed by atoms with E-state index in [9.17, 15) is 0 Å². The number of rotatable bonds is 3. The summed E-state index contributed by atoms with van der Waals surface area (Å²) in [4.78, 5) is 4.90. The number of nitrogens with zero attached hydrogens (tertiary/aromatic N) is 1. The number of nitrogens with one attached hydrogen (secondary N) is 1. The first kappa shape index (κ1) is 18.8. The van der Waals surface area contributed by atoms with Gasteiger partial charge in [0.2, 0.25) is 0 Å². The summed E-state index contributed by atoms with van der Waals surface area (Å²) in [5.74, 6) is 0. The lowest BCUT2D eigenvalue weighted by Gasteiger charge is -2.12. The Morgan fingerprint density at radius 2 is 1.27 bits per heavy atom. The fourth-order valence-corrected chi connectivity index (χ4v) is 6.63. The Morgan fingerprint density at radius 1 is 0.545 bits per heavy atom. The molecule has 0 aliphatic heterocycles. The van der Waals surface area contributed by atoms with Crippen molar-refractivity contribution in [3.63, 3.8) is 0 Å². The summed E-state index contributed by atoms with van der Waals surface area (Å²) in [6.07, 6.45) is 0. The highest BCUT2D eigenvalue weighted by Gasteiger charge is 2.12. The van der Waals surface area contributed by atoms with Crippen LogP contribution in [0.25, 0.3) is 51.7 Å². The SMILES string of the molecule is c1ccc2sc(-c3ccc(Nc4ccc5sc6ccccc6c5c4)c4ccccc34)nc2c1. The molecule has 0 saturated carbocycles. The topological polar surface area (TPSA) is 24.9 Å². The maximum absolute atomic E-state index is 4.90. The lowest BCUT2D eigenvalue weighted by molar-refractivity contribution is 1.49. The second-order valence-corrected chi connectivity index (χ2v) is 10.2. The minimum Gasteiger partial charge on any atom is -0.355 e. The van der Waals surface area contributed by atoms with Crippen LogP contribution in [0, 0.1) is 0 Å². The number of thiazole rings is 1. The number of fused-ring (bicyclic) bond motifs is 5. The average molecular weight is 459 g/mol. The third kappa shape index (κ3) is 3.10. The molecule has 5 aromatic carbocycles. The summed E-state index contributed by atoms with van der Waals surface area (Å²) in [6, 6.07) is 36.6. The van der Waals surface area contributed by atoms with Crippen LogP contribution in [0.15, 0.2) is 103 Å². The number of para-hydroxylation sites is 1. The molecule has 156 valence electrons. The van der Waals surface area contributed by atoms with Crippen LogP contribution in [-0.4, -0.2) is 4.98 Å². The lowest BCUT2D eigenvalue weighted by atomic mass is 10.0. The second-order valence-electron chi connectivity index (χ2n) is 8.13. The van der Waals surface area contributed by atoms with Crippen LogP contribution in [0.4, 0.5) is 11.4 Å². The molecule has 0 unspecified atom stereocenters. The number of benzene rings is 5. The predicted molar refractivity (Wildman–Crippen MR) is 145 cm³/mol. The first-order chi connectivity index (χ1) is 16.3. The van der Waals surface area contributed by atoms with E-state index in [1.54, 1.807) is 11.3 Å². The molecule has 0 amide bonds. The van der Waals surface area contributed by atoms with Crippen molar-refractivity contribution >= 4 is 75.2 Å². The van der Waals surface area contributed by atoms with Crippen molar-refractivity contribution in [2.75, 3.05) is 5.32 Å². The zero-order chi connectivity index (χ0) is 21.8. The van der Waals surface area contributed by atoms with Gasteiger partial charge in [0.1, 0.15) is 5.01 Å². The van der Waals surface area contributed by atoms with Gasteiger partial charge in [-0.15, -0.1) is 22.7 Å². The molecule has 0 saturated heterocycles.